The number of hydrogen-bond donors (Lipinski definition) is 2. The van der Waals surface area contributed by atoms with Crippen molar-refractivity contribution in [1.82, 2.24) is 5.32 Å². The predicted octanol–water partition coefficient (Wildman–Crippen LogP) is 2.22. The van der Waals surface area contributed by atoms with E-state index in [1.54, 1.807) is 6.07 Å². The van der Waals surface area contributed by atoms with Gasteiger partial charge in [-0.05, 0) is 56.5 Å². The van der Waals surface area contributed by atoms with Gasteiger partial charge in [-0.25, -0.2) is 4.39 Å². The minimum atomic E-state index is -0.325. The quantitative estimate of drug-likeness (QED) is 0.844. The second kappa shape index (κ2) is 6.16. The van der Waals surface area contributed by atoms with Crippen LogP contribution < -0.4 is 15.8 Å². The van der Waals surface area contributed by atoms with Gasteiger partial charge in [0.1, 0.15) is 0 Å². The van der Waals surface area contributed by atoms with Gasteiger partial charge in [0.2, 0.25) is 0 Å². The Hall–Kier alpha value is -1.13. The van der Waals surface area contributed by atoms with E-state index in [0.29, 0.717) is 18.3 Å². The predicted molar refractivity (Wildman–Crippen MR) is 70.1 cm³/mol. The van der Waals surface area contributed by atoms with Crippen LogP contribution in [0, 0.1) is 11.7 Å². The number of halogens is 1. The molecule has 1 saturated heterocycles. The molecule has 2 unspecified atom stereocenters. The van der Waals surface area contributed by atoms with Gasteiger partial charge < -0.3 is 15.8 Å². The van der Waals surface area contributed by atoms with Crippen LogP contribution in [0.3, 0.4) is 0 Å². The molecule has 0 saturated carbocycles. The summed E-state index contributed by atoms with van der Waals surface area (Å²) in [4.78, 5) is 0. The van der Waals surface area contributed by atoms with Crippen molar-refractivity contribution in [2.45, 2.75) is 25.8 Å². The highest BCUT2D eigenvalue weighted by molar-refractivity contribution is 5.31. The van der Waals surface area contributed by atoms with E-state index in [1.807, 2.05) is 13.0 Å². The molecule has 1 aliphatic heterocycles. The Morgan fingerprint density at radius 1 is 1.56 bits per heavy atom. The SMILES string of the molecule is CCOc1ccc(C(N)CC2CCNC2)cc1F. The zero-order valence-corrected chi connectivity index (χ0v) is 10.8. The monoisotopic (exact) mass is 252 g/mol. The molecule has 2 atom stereocenters. The molecule has 1 heterocycles. The smallest absolute Gasteiger partial charge is 0.165 e. The first kappa shape index (κ1) is 13.3. The number of ether oxygens (including phenoxy) is 1. The zero-order valence-electron chi connectivity index (χ0n) is 10.8. The lowest BCUT2D eigenvalue weighted by atomic mass is 9.94. The average molecular weight is 252 g/mol. The maximum atomic E-state index is 13.7. The van der Waals surface area contributed by atoms with Gasteiger partial charge in [-0.2, -0.15) is 0 Å². The molecule has 3 N–H and O–H groups in total. The molecular formula is C14H21FN2O. The molecule has 0 amide bonds. The molecule has 0 aliphatic carbocycles. The number of nitrogens with two attached hydrogens (primary N) is 1. The number of rotatable bonds is 5. The van der Waals surface area contributed by atoms with Gasteiger partial charge in [0, 0.05) is 6.04 Å². The van der Waals surface area contributed by atoms with Gasteiger partial charge in [-0.15, -0.1) is 0 Å². The second-order valence-electron chi connectivity index (χ2n) is 4.82. The van der Waals surface area contributed by atoms with Gasteiger partial charge in [-0.1, -0.05) is 6.07 Å². The molecule has 1 aromatic rings. The Morgan fingerprint density at radius 3 is 3.00 bits per heavy atom. The van der Waals surface area contributed by atoms with Crippen molar-refractivity contribution in [3.8, 4) is 5.75 Å². The van der Waals surface area contributed by atoms with Gasteiger partial charge in [0.05, 0.1) is 6.61 Å². The Morgan fingerprint density at radius 2 is 2.39 bits per heavy atom. The van der Waals surface area contributed by atoms with Crippen molar-refractivity contribution >= 4 is 0 Å². The summed E-state index contributed by atoms with van der Waals surface area (Å²) in [6, 6.07) is 4.93. The van der Waals surface area contributed by atoms with Gasteiger partial charge in [-0.3, -0.25) is 0 Å². The number of hydrogen-bond acceptors (Lipinski definition) is 3. The van der Waals surface area contributed by atoms with E-state index in [1.165, 1.54) is 6.07 Å². The summed E-state index contributed by atoms with van der Waals surface area (Å²) in [5.74, 6) is 0.583. The lowest BCUT2D eigenvalue weighted by Crippen LogP contribution is -2.17. The van der Waals surface area contributed by atoms with Crippen molar-refractivity contribution in [2.24, 2.45) is 11.7 Å². The lowest BCUT2D eigenvalue weighted by molar-refractivity contribution is 0.321. The molecule has 3 nitrogen and oxygen atoms in total. The molecule has 2 rings (SSSR count). The van der Waals surface area contributed by atoms with Crippen LogP contribution >= 0.6 is 0 Å². The van der Waals surface area contributed by atoms with E-state index in [2.05, 4.69) is 5.32 Å². The molecule has 100 valence electrons. The Bertz CT molecular complexity index is 391. The normalized spacial score (nSPS) is 20.9. The molecule has 0 bridgehead atoms. The van der Waals surface area contributed by atoms with Gasteiger partial charge in [0.25, 0.3) is 0 Å². The maximum Gasteiger partial charge on any atom is 0.165 e. The molecule has 18 heavy (non-hydrogen) atoms. The summed E-state index contributed by atoms with van der Waals surface area (Å²) in [5, 5.41) is 3.32. The van der Waals surface area contributed by atoms with E-state index in [4.69, 9.17) is 10.5 Å². The van der Waals surface area contributed by atoms with E-state index in [0.717, 1.165) is 31.5 Å². The van der Waals surface area contributed by atoms with Crippen LogP contribution in [0.25, 0.3) is 0 Å². The van der Waals surface area contributed by atoms with Gasteiger partial charge >= 0.3 is 0 Å². The van der Waals surface area contributed by atoms with Gasteiger partial charge in [0.15, 0.2) is 11.6 Å². The van der Waals surface area contributed by atoms with Crippen LogP contribution in [-0.2, 0) is 0 Å². The third-order valence-corrected chi connectivity index (χ3v) is 3.43. The van der Waals surface area contributed by atoms with E-state index >= 15 is 0 Å². The highest BCUT2D eigenvalue weighted by Crippen LogP contribution is 2.26. The van der Waals surface area contributed by atoms with Crippen LogP contribution in [0.15, 0.2) is 18.2 Å². The Balaban J connectivity index is 2.01. The molecule has 4 heteroatoms. The van der Waals surface area contributed by atoms with Crippen molar-refractivity contribution in [3.63, 3.8) is 0 Å². The first-order valence-electron chi connectivity index (χ1n) is 6.59. The highest BCUT2D eigenvalue weighted by Gasteiger charge is 2.19. The van der Waals surface area contributed by atoms with Crippen LogP contribution in [-0.4, -0.2) is 19.7 Å². The maximum absolute atomic E-state index is 13.7. The molecule has 1 aromatic carbocycles. The molecule has 0 spiro atoms. The summed E-state index contributed by atoms with van der Waals surface area (Å²) >= 11 is 0. The minimum absolute atomic E-state index is 0.0972. The first-order chi connectivity index (χ1) is 8.70. The fourth-order valence-corrected chi connectivity index (χ4v) is 2.43. The van der Waals surface area contributed by atoms with Crippen LogP contribution in [0.5, 0.6) is 5.75 Å². The van der Waals surface area contributed by atoms with E-state index < -0.39 is 0 Å². The summed E-state index contributed by atoms with van der Waals surface area (Å²) < 4.78 is 18.9. The van der Waals surface area contributed by atoms with Crippen LogP contribution in [0.4, 0.5) is 4.39 Å². The van der Waals surface area contributed by atoms with E-state index in [9.17, 15) is 4.39 Å². The molecular weight excluding hydrogens is 231 g/mol. The zero-order chi connectivity index (χ0) is 13.0. The summed E-state index contributed by atoms with van der Waals surface area (Å²) in [6.07, 6.45) is 2.06. The largest absolute Gasteiger partial charge is 0.491 e. The molecule has 1 fully saturated rings. The summed E-state index contributed by atoms with van der Waals surface area (Å²) in [5.41, 5.74) is 6.98. The standard InChI is InChI=1S/C14H21FN2O/c1-2-18-14-4-3-11(8-12(14)15)13(16)7-10-5-6-17-9-10/h3-4,8,10,13,17H,2,5-7,9,16H2,1H3. The molecule has 1 aliphatic rings. The second-order valence-corrected chi connectivity index (χ2v) is 4.82. The van der Waals surface area contributed by atoms with Crippen LogP contribution in [0.1, 0.15) is 31.4 Å². The van der Waals surface area contributed by atoms with Crippen molar-refractivity contribution < 1.29 is 9.13 Å². The topological polar surface area (TPSA) is 47.3 Å². The van der Waals surface area contributed by atoms with Crippen molar-refractivity contribution in [1.29, 1.82) is 0 Å². The Labute approximate surface area is 108 Å². The van der Waals surface area contributed by atoms with Crippen molar-refractivity contribution in [3.05, 3.63) is 29.6 Å². The third kappa shape index (κ3) is 3.21. The van der Waals surface area contributed by atoms with Crippen LogP contribution in [0.2, 0.25) is 0 Å². The number of nitrogens with one attached hydrogen (secondary N) is 1. The number of benzene rings is 1. The van der Waals surface area contributed by atoms with Crippen molar-refractivity contribution in [2.75, 3.05) is 19.7 Å². The minimum Gasteiger partial charge on any atom is -0.491 e. The molecule has 0 radical (unpaired) electrons. The summed E-state index contributed by atoms with van der Waals surface area (Å²) in [7, 11) is 0. The fourth-order valence-electron chi connectivity index (χ4n) is 2.43. The average Bonchev–Trinajstić information content (AvgIpc) is 2.84. The Kier molecular flexibility index (Phi) is 4.55. The first-order valence-corrected chi connectivity index (χ1v) is 6.59. The third-order valence-electron chi connectivity index (χ3n) is 3.43. The fraction of sp³-hybridized carbons (Fsp3) is 0.571. The summed E-state index contributed by atoms with van der Waals surface area (Å²) in [6.45, 7) is 4.39. The molecule has 0 aromatic heterocycles. The van der Waals surface area contributed by atoms with E-state index in [-0.39, 0.29) is 11.9 Å². The highest BCUT2D eigenvalue weighted by atomic mass is 19.1. The lowest BCUT2D eigenvalue weighted by Gasteiger charge is -2.17.